The molecule has 0 aromatic carbocycles. The minimum absolute atomic E-state index is 0. The highest BCUT2D eigenvalue weighted by molar-refractivity contribution is 7.12. The lowest BCUT2D eigenvalue weighted by Crippen LogP contribution is -2.45. The second kappa shape index (κ2) is 8.30. The van der Waals surface area contributed by atoms with Crippen LogP contribution in [-0.4, -0.2) is 30.8 Å². The number of carbonyl (C=O) groups is 2. The van der Waals surface area contributed by atoms with Crippen LogP contribution in [0.1, 0.15) is 35.4 Å². The summed E-state index contributed by atoms with van der Waals surface area (Å²) in [5, 5.41) is 8.09. The maximum absolute atomic E-state index is 11.7. The summed E-state index contributed by atoms with van der Waals surface area (Å²) in [5.41, 5.74) is 0. The molecule has 6 heteroatoms. The van der Waals surface area contributed by atoms with Crippen molar-refractivity contribution < 1.29 is 9.59 Å². The highest BCUT2D eigenvalue weighted by atomic mass is 35.5. The SMILES string of the molecule is Cl.O=C(CCC(=O)c1cccs1)NC1CCCNC1. The minimum atomic E-state index is -0.0198. The number of Topliss-reactive ketones (excluding diaryl/α,β-unsaturated/α-hetero) is 1. The molecule has 2 rings (SSSR count). The van der Waals surface area contributed by atoms with Crippen LogP contribution in [0.5, 0.6) is 0 Å². The Morgan fingerprint density at radius 1 is 1.42 bits per heavy atom. The van der Waals surface area contributed by atoms with Crippen LogP contribution in [0.3, 0.4) is 0 Å². The molecule has 0 aliphatic carbocycles. The van der Waals surface area contributed by atoms with Crippen molar-refractivity contribution in [3.8, 4) is 0 Å². The third-order valence-corrected chi connectivity index (χ3v) is 3.95. The first kappa shape index (κ1) is 16.1. The Labute approximate surface area is 123 Å². The molecule has 0 spiro atoms. The van der Waals surface area contributed by atoms with E-state index in [0.717, 1.165) is 30.8 Å². The van der Waals surface area contributed by atoms with Crippen LogP contribution >= 0.6 is 23.7 Å². The fourth-order valence-electron chi connectivity index (χ4n) is 2.06. The van der Waals surface area contributed by atoms with E-state index < -0.39 is 0 Å². The topological polar surface area (TPSA) is 58.2 Å². The van der Waals surface area contributed by atoms with Gasteiger partial charge in [0, 0.05) is 25.4 Å². The van der Waals surface area contributed by atoms with Gasteiger partial charge in [-0.2, -0.15) is 0 Å². The van der Waals surface area contributed by atoms with Gasteiger partial charge >= 0.3 is 0 Å². The predicted octanol–water partition coefficient (Wildman–Crippen LogP) is 2.00. The van der Waals surface area contributed by atoms with E-state index in [1.807, 2.05) is 11.4 Å². The molecule has 19 heavy (non-hydrogen) atoms. The van der Waals surface area contributed by atoms with Crippen molar-refractivity contribution in [1.82, 2.24) is 10.6 Å². The van der Waals surface area contributed by atoms with Crippen molar-refractivity contribution in [2.45, 2.75) is 31.7 Å². The molecule has 1 aromatic heterocycles. The van der Waals surface area contributed by atoms with Gasteiger partial charge in [0.05, 0.1) is 4.88 Å². The predicted molar refractivity (Wildman–Crippen MR) is 79.2 cm³/mol. The Morgan fingerprint density at radius 2 is 2.26 bits per heavy atom. The monoisotopic (exact) mass is 302 g/mol. The Morgan fingerprint density at radius 3 is 2.89 bits per heavy atom. The molecule has 2 heterocycles. The summed E-state index contributed by atoms with van der Waals surface area (Å²) in [7, 11) is 0. The van der Waals surface area contributed by atoms with Gasteiger partial charge in [0.15, 0.2) is 5.78 Å². The molecule has 1 aromatic rings. The highest BCUT2D eigenvalue weighted by Crippen LogP contribution is 2.12. The maximum Gasteiger partial charge on any atom is 0.220 e. The first-order valence-corrected chi connectivity index (χ1v) is 7.20. The zero-order chi connectivity index (χ0) is 12.8. The quantitative estimate of drug-likeness (QED) is 0.818. The standard InChI is InChI=1S/C13H18N2O2S.ClH/c16-11(12-4-2-8-18-12)5-6-13(17)15-10-3-1-7-14-9-10;/h2,4,8,10,14H,1,3,5-7,9H2,(H,15,17);1H. The molecule has 1 aliphatic rings. The lowest BCUT2D eigenvalue weighted by Gasteiger charge is -2.23. The van der Waals surface area contributed by atoms with Crippen LogP contribution < -0.4 is 10.6 Å². The lowest BCUT2D eigenvalue weighted by molar-refractivity contribution is -0.121. The molecule has 1 aliphatic heterocycles. The third-order valence-electron chi connectivity index (χ3n) is 3.04. The third kappa shape index (κ3) is 5.30. The van der Waals surface area contributed by atoms with E-state index >= 15 is 0 Å². The van der Waals surface area contributed by atoms with Crippen molar-refractivity contribution in [2.24, 2.45) is 0 Å². The highest BCUT2D eigenvalue weighted by Gasteiger charge is 2.16. The van der Waals surface area contributed by atoms with Crippen molar-refractivity contribution in [3.05, 3.63) is 22.4 Å². The molecule has 1 fully saturated rings. The Hall–Kier alpha value is -0.910. The first-order valence-electron chi connectivity index (χ1n) is 6.32. The molecule has 1 amide bonds. The molecule has 0 radical (unpaired) electrons. The van der Waals surface area contributed by atoms with Crippen molar-refractivity contribution in [2.75, 3.05) is 13.1 Å². The average molecular weight is 303 g/mol. The van der Waals surface area contributed by atoms with Gasteiger partial charge < -0.3 is 10.6 Å². The number of nitrogens with one attached hydrogen (secondary N) is 2. The van der Waals surface area contributed by atoms with E-state index in [0.29, 0.717) is 6.42 Å². The number of halogens is 1. The minimum Gasteiger partial charge on any atom is -0.352 e. The van der Waals surface area contributed by atoms with Crippen LogP contribution in [0.25, 0.3) is 0 Å². The second-order valence-electron chi connectivity index (χ2n) is 4.51. The van der Waals surface area contributed by atoms with Crippen LogP contribution in [0.4, 0.5) is 0 Å². The average Bonchev–Trinajstić information content (AvgIpc) is 2.91. The van der Waals surface area contributed by atoms with Gasteiger partial charge in [0.1, 0.15) is 0 Å². The number of amides is 1. The van der Waals surface area contributed by atoms with Crippen molar-refractivity contribution in [3.63, 3.8) is 0 Å². The number of hydrogen-bond donors (Lipinski definition) is 2. The molecule has 0 bridgehead atoms. The van der Waals surface area contributed by atoms with Gasteiger partial charge in [-0.25, -0.2) is 0 Å². The van der Waals surface area contributed by atoms with Gasteiger partial charge in [0.25, 0.3) is 0 Å². The van der Waals surface area contributed by atoms with E-state index in [1.54, 1.807) is 6.07 Å². The molecule has 1 atom stereocenters. The molecule has 1 unspecified atom stereocenters. The van der Waals surface area contributed by atoms with E-state index in [1.165, 1.54) is 11.3 Å². The molecule has 4 nitrogen and oxygen atoms in total. The number of carbonyl (C=O) groups excluding carboxylic acids is 2. The molecule has 106 valence electrons. The van der Waals surface area contributed by atoms with Crippen LogP contribution in [0, 0.1) is 0 Å². The fourth-order valence-corrected chi connectivity index (χ4v) is 2.76. The number of rotatable bonds is 5. The summed E-state index contributed by atoms with van der Waals surface area (Å²) >= 11 is 1.43. The normalized spacial score (nSPS) is 18.4. The summed E-state index contributed by atoms with van der Waals surface area (Å²) < 4.78 is 0. The lowest BCUT2D eigenvalue weighted by atomic mass is 10.1. The molecular weight excluding hydrogens is 284 g/mol. The van der Waals surface area contributed by atoms with E-state index in [2.05, 4.69) is 10.6 Å². The molecule has 2 N–H and O–H groups in total. The zero-order valence-corrected chi connectivity index (χ0v) is 12.3. The van der Waals surface area contributed by atoms with E-state index in [-0.39, 0.29) is 36.6 Å². The number of ketones is 1. The van der Waals surface area contributed by atoms with Crippen molar-refractivity contribution >= 4 is 35.4 Å². The smallest absolute Gasteiger partial charge is 0.220 e. The summed E-state index contributed by atoms with van der Waals surface area (Å²) in [6, 6.07) is 3.88. The van der Waals surface area contributed by atoms with Gasteiger partial charge in [-0.15, -0.1) is 23.7 Å². The number of thiophene rings is 1. The van der Waals surface area contributed by atoms with Gasteiger partial charge in [-0.3, -0.25) is 9.59 Å². The summed E-state index contributed by atoms with van der Waals surface area (Å²) in [6.45, 7) is 1.87. The number of piperidine rings is 1. The van der Waals surface area contributed by atoms with E-state index in [9.17, 15) is 9.59 Å². The second-order valence-corrected chi connectivity index (χ2v) is 5.46. The molecule has 0 saturated carbocycles. The van der Waals surface area contributed by atoms with Crippen LogP contribution in [-0.2, 0) is 4.79 Å². The summed E-state index contributed by atoms with van der Waals surface area (Å²) in [6.07, 6.45) is 2.70. The Kier molecular flexibility index (Phi) is 7.05. The molecular formula is C13H19ClN2O2S. The molecule has 1 saturated heterocycles. The van der Waals surface area contributed by atoms with Crippen molar-refractivity contribution in [1.29, 1.82) is 0 Å². The first-order chi connectivity index (χ1) is 8.75. The van der Waals surface area contributed by atoms with Gasteiger partial charge in [0.2, 0.25) is 5.91 Å². The van der Waals surface area contributed by atoms with Gasteiger partial charge in [-0.1, -0.05) is 6.07 Å². The van der Waals surface area contributed by atoms with Gasteiger partial charge in [-0.05, 0) is 30.8 Å². The summed E-state index contributed by atoms with van der Waals surface area (Å²) in [5.74, 6) is 0.0375. The Bertz CT molecular complexity index is 403. The number of hydrogen-bond acceptors (Lipinski definition) is 4. The maximum atomic E-state index is 11.7. The largest absolute Gasteiger partial charge is 0.352 e. The van der Waals surface area contributed by atoms with E-state index in [4.69, 9.17) is 0 Å². The zero-order valence-electron chi connectivity index (χ0n) is 10.7. The van der Waals surface area contributed by atoms with Crippen LogP contribution in [0.15, 0.2) is 17.5 Å². The van der Waals surface area contributed by atoms with Crippen LogP contribution in [0.2, 0.25) is 0 Å². The Balaban J connectivity index is 0.00000180. The summed E-state index contributed by atoms with van der Waals surface area (Å²) in [4.78, 5) is 24.2. The fraction of sp³-hybridized carbons (Fsp3) is 0.538.